The minimum atomic E-state index is -0.213. The number of aryl methyl sites for hydroxylation is 1. The average molecular weight is 255 g/mol. The number of imide groups is 1. The third kappa shape index (κ3) is 2.15. The first-order chi connectivity index (χ1) is 8.97. The van der Waals surface area contributed by atoms with Crippen LogP contribution < -0.4 is 0 Å². The molecular formula is C16H17NO2. The monoisotopic (exact) mass is 255 g/mol. The maximum absolute atomic E-state index is 12.4. The molecule has 1 aliphatic heterocycles. The van der Waals surface area contributed by atoms with Crippen LogP contribution in [0.4, 0.5) is 0 Å². The third-order valence-corrected chi connectivity index (χ3v) is 3.14. The molecule has 3 nitrogen and oxygen atoms in total. The van der Waals surface area contributed by atoms with Crippen molar-refractivity contribution in [2.24, 2.45) is 5.92 Å². The zero-order valence-electron chi connectivity index (χ0n) is 11.7. The molecule has 0 unspecified atom stereocenters. The Morgan fingerprint density at radius 2 is 1.79 bits per heavy atom. The van der Waals surface area contributed by atoms with Crippen LogP contribution in [0.3, 0.4) is 0 Å². The number of carbonyl (C=O) groups excluding carboxylic acids is 2. The van der Waals surface area contributed by atoms with Crippen LogP contribution in [0.1, 0.15) is 52.6 Å². The van der Waals surface area contributed by atoms with Gasteiger partial charge in [0.2, 0.25) is 0 Å². The van der Waals surface area contributed by atoms with Gasteiger partial charge in [-0.3, -0.25) is 14.5 Å². The van der Waals surface area contributed by atoms with Crippen molar-refractivity contribution in [2.45, 2.75) is 27.7 Å². The van der Waals surface area contributed by atoms with E-state index in [1.54, 1.807) is 6.92 Å². The molecule has 2 rings (SSSR count). The van der Waals surface area contributed by atoms with Crippen molar-refractivity contribution in [3.05, 3.63) is 34.4 Å². The summed E-state index contributed by atoms with van der Waals surface area (Å²) in [4.78, 5) is 26.1. The highest BCUT2D eigenvalue weighted by Crippen LogP contribution is 2.29. The molecule has 1 heterocycles. The molecule has 0 aliphatic carbocycles. The maximum Gasteiger partial charge on any atom is 0.262 e. The molecule has 0 saturated heterocycles. The van der Waals surface area contributed by atoms with E-state index in [0.717, 1.165) is 5.56 Å². The molecule has 0 bridgehead atoms. The lowest BCUT2D eigenvalue weighted by molar-refractivity contribution is 0.0636. The lowest BCUT2D eigenvalue weighted by Gasteiger charge is -2.16. The van der Waals surface area contributed by atoms with Crippen molar-refractivity contribution in [3.63, 3.8) is 0 Å². The topological polar surface area (TPSA) is 37.4 Å². The van der Waals surface area contributed by atoms with E-state index < -0.39 is 0 Å². The van der Waals surface area contributed by atoms with Crippen molar-refractivity contribution in [1.29, 1.82) is 0 Å². The summed E-state index contributed by atoms with van der Waals surface area (Å²) in [5.74, 6) is 5.55. The van der Waals surface area contributed by atoms with E-state index in [4.69, 9.17) is 0 Å². The molecule has 0 radical (unpaired) electrons. The van der Waals surface area contributed by atoms with Crippen LogP contribution in [0.2, 0.25) is 0 Å². The molecule has 0 aromatic heterocycles. The van der Waals surface area contributed by atoms with E-state index in [2.05, 4.69) is 11.8 Å². The Hall–Kier alpha value is -2.08. The Morgan fingerprint density at radius 3 is 2.37 bits per heavy atom. The number of amides is 2. The van der Waals surface area contributed by atoms with Crippen molar-refractivity contribution in [1.82, 2.24) is 4.90 Å². The van der Waals surface area contributed by atoms with Gasteiger partial charge in [0.25, 0.3) is 11.8 Å². The molecule has 98 valence electrons. The first kappa shape index (κ1) is 13.4. The molecule has 0 fully saturated rings. The molecular weight excluding hydrogens is 238 g/mol. The van der Waals surface area contributed by atoms with Gasteiger partial charge in [0.05, 0.1) is 11.1 Å². The predicted molar refractivity (Wildman–Crippen MR) is 73.9 cm³/mol. The summed E-state index contributed by atoms with van der Waals surface area (Å²) in [5, 5.41) is 0. The fourth-order valence-electron chi connectivity index (χ4n) is 2.34. The van der Waals surface area contributed by atoms with Gasteiger partial charge in [0.15, 0.2) is 0 Å². The molecule has 1 aromatic carbocycles. The second-order valence-corrected chi connectivity index (χ2v) is 5.17. The largest absolute Gasteiger partial charge is 0.274 e. The number of carbonyl (C=O) groups is 2. The molecule has 19 heavy (non-hydrogen) atoms. The Bertz CT molecular complexity index is 618. The Kier molecular flexibility index (Phi) is 3.44. The smallest absolute Gasteiger partial charge is 0.262 e. The van der Waals surface area contributed by atoms with Crippen LogP contribution in [0.5, 0.6) is 0 Å². The second-order valence-electron chi connectivity index (χ2n) is 5.17. The van der Waals surface area contributed by atoms with E-state index in [-0.39, 0.29) is 17.7 Å². The van der Waals surface area contributed by atoms with E-state index in [9.17, 15) is 9.59 Å². The van der Waals surface area contributed by atoms with Gasteiger partial charge in [-0.2, -0.15) is 0 Å². The number of benzene rings is 1. The predicted octanol–water partition coefficient (Wildman–Crippen LogP) is 2.62. The van der Waals surface area contributed by atoms with Gasteiger partial charge in [-0.25, -0.2) is 0 Å². The molecule has 0 N–H and O–H groups in total. The van der Waals surface area contributed by atoms with Gasteiger partial charge in [0.1, 0.15) is 0 Å². The SMILES string of the molecule is CC#Cc1ccc(C)c2c1C(=O)N(CC(C)C)C2=O. The summed E-state index contributed by atoms with van der Waals surface area (Å²) in [6, 6.07) is 3.66. The summed E-state index contributed by atoms with van der Waals surface area (Å²) in [6.07, 6.45) is 0. The molecule has 0 atom stereocenters. The third-order valence-electron chi connectivity index (χ3n) is 3.14. The normalized spacial score (nSPS) is 13.6. The Morgan fingerprint density at radius 1 is 1.16 bits per heavy atom. The first-order valence-corrected chi connectivity index (χ1v) is 6.40. The lowest BCUT2D eigenvalue weighted by atomic mass is 9.98. The van der Waals surface area contributed by atoms with Crippen LogP contribution in [0.15, 0.2) is 12.1 Å². The number of nitrogens with zero attached hydrogens (tertiary/aromatic N) is 1. The fraction of sp³-hybridized carbons (Fsp3) is 0.375. The zero-order valence-corrected chi connectivity index (χ0v) is 11.7. The van der Waals surface area contributed by atoms with E-state index in [1.165, 1.54) is 4.90 Å². The molecule has 0 spiro atoms. The minimum Gasteiger partial charge on any atom is -0.274 e. The fourth-order valence-corrected chi connectivity index (χ4v) is 2.34. The standard InChI is InChI=1S/C16H17NO2/c1-5-6-12-8-7-11(4)13-14(12)16(19)17(15(13)18)9-10(2)3/h7-8,10H,9H2,1-4H3. The Balaban J connectivity index is 2.59. The summed E-state index contributed by atoms with van der Waals surface area (Å²) in [6.45, 7) is 8.00. The highest BCUT2D eigenvalue weighted by molar-refractivity contribution is 6.23. The average Bonchev–Trinajstić information content (AvgIpc) is 2.58. The number of rotatable bonds is 2. The van der Waals surface area contributed by atoms with Crippen molar-refractivity contribution in [3.8, 4) is 11.8 Å². The van der Waals surface area contributed by atoms with Gasteiger partial charge in [-0.15, -0.1) is 5.92 Å². The minimum absolute atomic E-state index is 0.189. The van der Waals surface area contributed by atoms with Crippen molar-refractivity contribution >= 4 is 11.8 Å². The first-order valence-electron chi connectivity index (χ1n) is 6.40. The zero-order chi connectivity index (χ0) is 14.2. The Labute approximate surface area is 113 Å². The summed E-state index contributed by atoms with van der Waals surface area (Å²) < 4.78 is 0. The quantitative estimate of drug-likeness (QED) is 0.601. The van der Waals surface area contributed by atoms with Gasteiger partial charge in [-0.1, -0.05) is 25.8 Å². The van der Waals surface area contributed by atoms with Crippen LogP contribution in [-0.4, -0.2) is 23.3 Å². The van der Waals surface area contributed by atoms with Crippen LogP contribution in [0, 0.1) is 24.7 Å². The summed E-state index contributed by atoms with van der Waals surface area (Å²) in [5.41, 5.74) is 2.47. The van der Waals surface area contributed by atoms with E-state index >= 15 is 0 Å². The van der Waals surface area contributed by atoms with Gasteiger partial charge >= 0.3 is 0 Å². The molecule has 3 heteroatoms. The second kappa shape index (κ2) is 4.89. The molecule has 0 saturated carbocycles. The van der Waals surface area contributed by atoms with Crippen LogP contribution in [-0.2, 0) is 0 Å². The number of hydrogen-bond acceptors (Lipinski definition) is 2. The highest BCUT2D eigenvalue weighted by Gasteiger charge is 2.38. The summed E-state index contributed by atoms with van der Waals surface area (Å²) >= 11 is 0. The van der Waals surface area contributed by atoms with Gasteiger partial charge in [-0.05, 0) is 31.4 Å². The lowest BCUT2D eigenvalue weighted by Crippen LogP contribution is -2.33. The van der Waals surface area contributed by atoms with Crippen LogP contribution >= 0.6 is 0 Å². The van der Waals surface area contributed by atoms with E-state index in [0.29, 0.717) is 23.2 Å². The number of fused-ring (bicyclic) bond motifs is 1. The number of hydrogen-bond donors (Lipinski definition) is 0. The van der Waals surface area contributed by atoms with E-state index in [1.807, 2.05) is 32.9 Å². The van der Waals surface area contributed by atoms with Gasteiger partial charge < -0.3 is 0 Å². The van der Waals surface area contributed by atoms with Crippen molar-refractivity contribution in [2.75, 3.05) is 6.54 Å². The maximum atomic E-state index is 12.4. The van der Waals surface area contributed by atoms with Gasteiger partial charge in [0, 0.05) is 12.1 Å². The van der Waals surface area contributed by atoms with Crippen molar-refractivity contribution < 1.29 is 9.59 Å². The molecule has 2 amide bonds. The highest BCUT2D eigenvalue weighted by atomic mass is 16.2. The summed E-state index contributed by atoms with van der Waals surface area (Å²) in [7, 11) is 0. The molecule has 1 aliphatic rings. The van der Waals surface area contributed by atoms with Crippen LogP contribution in [0.25, 0.3) is 0 Å². The molecule has 1 aromatic rings.